The van der Waals surface area contributed by atoms with Gasteiger partial charge in [-0.3, -0.25) is 4.90 Å². The Morgan fingerprint density at radius 3 is 3.10 bits per heavy atom. The van der Waals surface area contributed by atoms with Crippen molar-refractivity contribution in [3.05, 3.63) is 36.3 Å². The van der Waals surface area contributed by atoms with Crippen LogP contribution in [0.4, 0.5) is 0 Å². The fourth-order valence-corrected chi connectivity index (χ4v) is 2.73. The molecule has 2 aromatic heterocycles. The first-order chi connectivity index (χ1) is 9.70. The third-order valence-corrected chi connectivity index (χ3v) is 3.59. The quantitative estimate of drug-likeness (QED) is 0.836. The number of aromatic nitrogens is 2. The normalized spacial score (nSPS) is 20.9. The molecule has 20 heavy (non-hydrogen) atoms. The van der Waals surface area contributed by atoms with Gasteiger partial charge in [0.15, 0.2) is 0 Å². The minimum atomic E-state index is 0.302. The van der Waals surface area contributed by atoms with Gasteiger partial charge in [0.2, 0.25) is 0 Å². The van der Waals surface area contributed by atoms with E-state index >= 15 is 0 Å². The summed E-state index contributed by atoms with van der Waals surface area (Å²) in [6.07, 6.45) is 4.46. The van der Waals surface area contributed by atoms with Crippen molar-refractivity contribution in [2.75, 3.05) is 40.3 Å². The van der Waals surface area contributed by atoms with Gasteiger partial charge in [0, 0.05) is 38.6 Å². The van der Waals surface area contributed by atoms with E-state index in [0.29, 0.717) is 6.10 Å². The number of ether oxygens (including phenoxy) is 1. The van der Waals surface area contributed by atoms with Gasteiger partial charge in [-0.05, 0) is 26.2 Å². The van der Waals surface area contributed by atoms with Gasteiger partial charge in [-0.2, -0.15) is 0 Å². The first-order valence-corrected chi connectivity index (χ1v) is 7.12. The highest BCUT2D eigenvalue weighted by atomic mass is 16.5. The fraction of sp³-hybridized carbons (Fsp3) is 0.533. The Kier molecular flexibility index (Phi) is 4.00. The lowest BCUT2D eigenvalue weighted by Crippen LogP contribution is -2.46. The highest BCUT2D eigenvalue weighted by Gasteiger charge is 2.21. The number of nitrogens with zero attached hydrogens (tertiary/aromatic N) is 4. The molecule has 0 saturated carbocycles. The average Bonchev–Trinajstić information content (AvgIpc) is 2.80. The van der Waals surface area contributed by atoms with E-state index in [1.165, 1.54) is 0 Å². The summed E-state index contributed by atoms with van der Waals surface area (Å²) in [5, 5.41) is 0. The maximum atomic E-state index is 5.81. The molecule has 0 spiro atoms. The number of hydrogen-bond acceptors (Lipinski definition) is 4. The van der Waals surface area contributed by atoms with Crippen molar-refractivity contribution in [1.82, 2.24) is 19.2 Å². The molecule has 0 aromatic carbocycles. The second-order valence-corrected chi connectivity index (χ2v) is 5.69. The van der Waals surface area contributed by atoms with Gasteiger partial charge in [0.25, 0.3) is 0 Å². The lowest BCUT2D eigenvalue weighted by atomic mass is 10.2. The van der Waals surface area contributed by atoms with E-state index in [9.17, 15) is 0 Å². The predicted octanol–water partition coefficient (Wildman–Crippen LogP) is 1.10. The summed E-state index contributed by atoms with van der Waals surface area (Å²) < 4.78 is 7.88. The highest BCUT2D eigenvalue weighted by Crippen LogP contribution is 2.11. The summed E-state index contributed by atoms with van der Waals surface area (Å²) in [5.41, 5.74) is 2.14. The molecule has 0 aliphatic carbocycles. The number of rotatable bonds is 4. The van der Waals surface area contributed by atoms with E-state index in [0.717, 1.165) is 44.1 Å². The topological polar surface area (TPSA) is 33.0 Å². The van der Waals surface area contributed by atoms with Gasteiger partial charge < -0.3 is 14.0 Å². The Balaban J connectivity index is 1.64. The van der Waals surface area contributed by atoms with E-state index in [-0.39, 0.29) is 0 Å². The minimum absolute atomic E-state index is 0.302. The first kappa shape index (κ1) is 13.5. The van der Waals surface area contributed by atoms with Crippen molar-refractivity contribution < 1.29 is 4.74 Å². The van der Waals surface area contributed by atoms with Gasteiger partial charge in [-0.25, -0.2) is 4.98 Å². The van der Waals surface area contributed by atoms with Crippen molar-refractivity contribution in [3.8, 4) is 0 Å². The molecule has 0 N–H and O–H groups in total. The largest absolute Gasteiger partial charge is 0.374 e. The minimum Gasteiger partial charge on any atom is -0.374 e. The standard InChI is InChI=1S/C15H22N4O/c1-17(2)11-14-12-18(7-8-20-14)9-13-10-19-6-4-3-5-15(19)16-13/h3-6,10,14H,7-9,11-12H2,1-2H3/t14-/m1/s1. The van der Waals surface area contributed by atoms with Gasteiger partial charge >= 0.3 is 0 Å². The molecule has 1 saturated heterocycles. The Morgan fingerprint density at radius 2 is 2.30 bits per heavy atom. The summed E-state index contributed by atoms with van der Waals surface area (Å²) in [6, 6.07) is 6.09. The lowest BCUT2D eigenvalue weighted by Gasteiger charge is -2.33. The van der Waals surface area contributed by atoms with E-state index in [1.54, 1.807) is 0 Å². The molecule has 108 valence electrons. The third kappa shape index (κ3) is 3.17. The number of pyridine rings is 1. The van der Waals surface area contributed by atoms with Crippen LogP contribution < -0.4 is 0 Å². The van der Waals surface area contributed by atoms with Crippen LogP contribution in [-0.4, -0.2) is 65.6 Å². The number of fused-ring (bicyclic) bond motifs is 1. The summed E-state index contributed by atoms with van der Waals surface area (Å²) in [7, 11) is 4.18. The maximum Gasteiger partial charge on any atom is 0.137 e. The maximum absolute atomic E-state index is 5.81. The highest BCUT2D eigenvalue weighted by molar-refractivity contribution is 5.39. The van der Waals surface area contributed by atoms with Crippen LogP contribution >= 0.6 is 0 Å². The predicted molar refractivity (Wildman–Crippen MR) is 78.8 cm³/mol. The molecule has 0 bridgehead atoms. The zero-order valence-corrected chi connectivity index (χ0v) is 12.2. The summed E-state index contributed by atoms with van der Waals surface area (Å²) in [4.78, 5) is 9.27. The van der Waals surface area contributed by atoms with E-state index < -0.39 is 0 Å². The molecular weight excluding hydrogens is 252 g/mol. The van der Waals surface area contributed by atoms with Crippen molar-refractivity contribution in [2.24, 2.45) is 0 Å². The third-order valence-electron chi connectivity index (χ3n) is 3.59. The van der Waals surface area contributed by atoms with Gasteiger partial charge in [0.05, 0.1) is 18.4 Å². The Labute approximate surface area is 119 Å². The van der Waals surface area contributed by atoms with Crippen LogP contribution in [0.15, 0.2) is 30.6 Å². The molecule has 0 unspecified atom stereocenters. The average molecular weight is 274 g/mol. The molecule has 1 aliphatic rings. The molecule has 0 amide bonds. The molecule has 0 radical (unpaired) electrons. The summed E-state index contributed by atoms with van der Waals surface area (Å²) in [6.45, 7) is 4.65. The molecule has 1 aliphatic heterocycles. The molecule has 1 fully saturated rings. The molecule has 5 nitrogen and oxygen atoms in total. The van der Waals surface area contributed by atoms with Crippen LogP contribution in [0.2, 0.25) is 0 Å². The van der Waals surface area contributed by atoms with E-state index in [4.69, 9.17) is 4.74 Å². The SMILES string of the molecule is CN(C)C[C@@H]1CN(Cc2cn3ccccc3n2)CCO1. The van der Waals surface area contributed by atoms with Crippen LogP contribution in [0.25, 0.3) is 5.65 Å². The van der Waals surface area contributed by atoms with Crippen molar-refractivity contribution in [3.63, 3.8) is 0 Å². The van der Waals surface area contributed by atoms with Crippen LogP contribution in [0, 0.1) is 0 Å². The Morgan fingerprint density at radius 1 is 1.40 bits per heavy atom. The van der Waals surface area contributed by atoms with Crippen molar-refractivity contribution >= 4 is 5.65 Å². The molecule has 2 aromatic rings. The number of likely N-dealkylation sites (N-methyl/N-ethyl adjacent to an activating group) is 1. The Bertz CT molecular complexity index is 533. The van der Waals surface area contributed by atoms with Crippen molar-refractivity contribution in [2.45, 2.75) is 12.6 Å². The van der Waals surface area contributed by atoms with Gasteiger partial charge in [-0.1, -0.05) is 6.07 Å². The smallest absolute Gasteiger partial charge is 0.137 e. The Hall–Kier alpha value is -1.43. The fourth-order valence-electron chi connectivity index (χ4n) is 2.73. The van der Waals surface area contributed by atoms with E-state index in [1.807, 2.05) is 24.4 Å². The van der Waals surface area contributed by atoms with Crippen molar-refractivity contribution in [1.29, 1.82) is 0 Å². The zero-order chi connectivity index (χ0) is 13.9. The number of morpholine rings is 1. The van der Waals surface area contributed by atoms with Crippen LogP contribution in [0.5, 0.6) is 0 Å². The second kappa shape index (κ2) is 5.91. The molecule has 3 rings (SSSR count). The van der Waals surface area contributed by atoms with Crippen LogP contribution in [0.1, 0.15) is 5.69 Å². The first-order valence-electron chi connectivity index (χ1n) is 7.12. The van der Waals surface area contributed by atoms with Crippen LogP contribution in [0.3, 0.4) is 0 Å². The lowest BCUT2D eigenvalue weighted by molar-refractivity contribution is -0.0409. The number of imidazole rings is 1. The molecule has 5 heteroatoms. The molecular formula is C15H22N4O. The second-order valence-electron chi connectivity index (χ2n) is 5.69. The zero-order valence-electron chi connectivity index (χ0n) is 12.2. The van der Waals surface area contributed by atoms with Crippen LogP contribution in [-0.2, 0) is 11.3 Å². The summed E-state index contributed by atoms with van der Waals surface area (Å²) in [5.74, 6) is 0. The monoisotopic (exact) mass is 274 g/mol. The van der Waals surface area contributed by atoms with Gasteiger partial charge in [0.1, 0.15) is 5.65 Å². The summed E-state index contributed by atoms with van der Waals surface area (Å²) >= 11 is 0. The number of hydrogen-bond donors (Lipinski definition) is 0. The molecule has 1 atom stereocenters. The molecule has 3 heterocycles. The van der Waals surface area contributed by atoms with Gasteiger partial charge in [-0.15, -0.1) is 0 Å². The van der Waals surface area contributed by atoms with E-state index in [2.05, 4.69) is 39.5 Å².